The molecule has 0 unspecified atom stereocenters. The zero-order chi connectivity index (χ0) is 19.3. The minimum Gasteiger partial charge on any atom is -0.381 e. The summed E-state index contributed by atoms with van der Waals surface area (Å²) < 4.78 is 7.74. The Morgan fingerprint density at radius 1 is 1.14 bits per heavy atom. The highest BCUT2D eigenvalue weighted by atomic mass is 35.5. The van der Waals surface area contributed by atoms with Gasteiger partial charge in [0.05, 0.1) is 22.3 Å². The van der Waals surface area contributed by atoms with Gasteiger partial charge in [0.15, 0.2) is 0 Å². The van der Waals surface area contributed by atoms with Crippen molar-refractivity contribution in [2.24, 2.45) is 5.41 Å². The molecular formula is C21H22Cl2N4O. The Balaban J connectivity index is 1.56. The van der Waals surface area contributed by atoms with E-state index < -0.39 is 0 Å². The number of fused-ring (bicyclic) bond motifs is 1. The summed E-state index contributed by atoms with van der Waals surface area (Å²) in [5, 5.41) is 1.07. The number of imidazole rings is 1. The molecule has 3 aromatic rings. The molecule has 4 heterocycles. The van der Waals surface area contributed by atoms with Crippen molar-refractivity contribution in [3.63, 3.8) is 0 Å². The van der Waals surface area contributed by atoms with Crippen LogP contribution in [0.4, 0.5) is 5.95 Å². The average molecular weight is 417 g/mol. The number of anilines is 1. The lowest BCUT2D eigenvalue weighted by Gasteiger charge is -2.39. The van der Waals surface area contributed by atoms with Crippen LogP contribution in [-0.4, -0.2) is 40.7 Å². The third-order valence-electron chi connectivity index (χ3n) is 6.22. The first kappa shape index (κ1) is 18.2. The van der Waals surface area contributed by atoms with Gasteiger partial charge in [0.25, 0.3) is 0 Å². The molecule has 28 heavy (non-hydrogen) atoms. The molecule has 7 heteroatoms. The first-order chi connectivity index (χ1) is 13.6. The van der Waals surface area contributed by atoms with E-state index in [0.717, 1.165) is 67.6 Å². The summed E-state index contributed by atoms with van der Waals surface area (Å²) in [6.07, 6.45) is 7.26. The highest BCUT2D eigenvalue weighted by molar-refractivity contribution is 6.43. The van der Waals surface area contributed by atoms with Crippen molar-refractivity contribution in [3.05, 3.63) is 46.3 Å². The topological polar surface area (TPSA) is 42.7 Å². The van der Waals surface area contributed by atoms with Gasteiger partial charge in [0.2, 0.25) is 5.95 Å². The fourth-order valence-electron chi connectivity index (χ4n) is 4.53. The lowest BCUT2D eigenvalue weighted by molar-refractivity contribution is 0.133. The minimum absolute atomic E-state index is 0.369. The number of hydrogen-bond donors (Lipinski definition) is 0. The van der Waals surface area contributed by atoms with Gasteiger partial charge in [-0.2, -0.15) is 0 Å². The Kier molecular flexibility index (Phi) is 4.49. The van der Waals surface area contributed by atoms with E-state index in [9.17, 15) is 0 Å². The number of aryl methyl sites for hydroxylation is 1. The molecule has 5 nitrogen and oxygen atoms in total. The van der Waals surface area contributed by atoms with Crippen LogP contribution in [0, 0.1) is 12.3 Å². The summed E-state index contributed by atoms with van der Waals surface area (Å²) in [6, 6.07) is 5.67. The summed E-state index contributed by atoms with van der Waals surface area (Å²) in [6.45, 7) is 5.79. The fraction of sp³-hybridized carbons (Fsp3) is 0.429. The largest absolute Gasteiger partial charge is 0.381 e. The maximum Gasteiger partial charge on any atom is 0.211 e. The van der Waals surface area contributed by atoms with Crippen LogP contribution in [0.3, 0.4) is 0 Å². The maximum absolute atomic E-state index is 6.51. The highest BCUT2D eigenvalue weighted by Crippen LogP contribution is 2.41. The maximum atomic E-state index is 6.51. The molecule has 146 valence electrons. The summed E-state index contributed by atoms with van der Waals surface area (Å²) in [5.41, 5.74) is 3.92. The zero-order valence-corrected chi connectivity index (χ0v) is 17.3. The van der Waals surface area contributed by atoms with Gasteiger partial charge in [-0.25, -0.2) is 9.97 Å². The van der Waals surface area contributed by atoms with Gasteiger partial charge < -0.3 is 9.64 Å². The molecular weight excluding hydrogens is 395 g/mol. The van der Waals surface area contributed by atoms with Crippen LogP contribution in [0.5, 0.6) is 0 Å². The number of rotatable bonds is 2. The quantitative estimate of drug-likeness (QED) is 0.588. The molecule has 0 atom stereocenters. The molecule has 2 aliphatic rings. The Bertz CT molecular complexity index is 1030. The van der Waals surface area contributed by atoms with E-state index in [1.807, 2.05) is 31.5 Å². The summed E-state index contributed by atoms with van der Waals surface area (Å²) in [7, 11) is 0. The van der Waals surface area contributed by atoms with Crippen LogP contribution in [0.1, 0.15) is 25.0 Å². The summed E-state index contributed by atoms with van der Waals surface area (Å²) >= 11 is 12.8. The van der Waals surface area contributed by atoms with Crippen LogP contribution in [0.15, 0.2) is 30.6 Å². The monoisotopic (exact) mass is 416 g/mol. The normalized spacial score (nSPS) is 19.0. The molecule has 2 fully saturated rings. The fourth-order valence-corrected chi connectivity index (χ4v) is 4.93. The van der Waals surface area contributed by atoms with E-state index in [0.29, 0.717) is 15.5 Å². The summed E-state index contributed by atoms with van der Waals surface area (Å²) in [4.78, 5) is 12.0. The summed E-state index contributed by atoms with van der Waals surface area (Å²) in [5.74, 6) is 0.945. The van der Waals surface area contributed by atoms with E-state index in [1.54, 1.807) is 6.07 Å². The van der Waals surface area contributed by atoms with Crippen LogP contribution < -0.4 is 4.90 Å². The number of benzene rings is 1. The third kappa shape index (κ3) is 2.88. The number of piperidine rings is 1. The van der Waals surface area contributed by atoms with Gasteiger partial charge in [-0.1, -0.05) is 35.3 Å². The molecule has 2 aliphatic heterocycles. The van der Waals surface area contributed by atoms with Gasteiger partial charge in [-0.05, 0) is 37.7 Å². The van der Waals surface area contributed by atoms with E-state index in [-0.39, 0.29) is 0 Å². The van der Waals surface area contributed by atoms with Crippen molar-refractivity contribution < 1.29 is 4.74 Å². The van der Waals surface area contributed by atoms with Crippen LogP contribution >= 0.6 is 23.2 Å². The van der Waals surface area contributed by atoms with Crippen LogP contribution in [-0.2, 0) is 4.74 Å². The Morgan fingerprint density at radius 2 is 1.96 bits per heavy atom. The third-order valence-corrected chi connectivity index (χ3v) is 7.04. The smallest absolute Gasteiger partial charge is 0.211 e. The molecule has 2 saturated heterocycles. The van der Waals surface area contributed by atoms with E-state index in [2.05, 4.69) is 14.3 Å². The van der Waals surface area contributed by atoms with Gasteiger partial charge in [0.1, 0.15) is 5.65 Å². The van der Waals surface area contributed by atoms with Crippen molar-refractivity contribution in [2.45, 2.75) is 26.2 Å². The minimum atomic E-state index is 0.369. The second kappa shape index (κ2) is 6.90. The predicted octanol–water partition coefficient (Wildman–Crippen LogP) is 5.02. The molecule has 0 N–H and O–H groups in total. The molecule has 5 rings (SSSR count). The van der Waals surface area contributed by atoms with Crippen molar-refractivity contribution >= 4 is 34.8 Å². The first-order valence-electron chi connectivity index (χ1n) is 9.69. The predicted molar refractivity (Wildman–Crippen MR) is 112 cm³/mol. The van der Waals surface area contributed by atoms with Gasteiger partial charge in [-0.3, -0.25) is 4.40 Å². The Hall–Kier alpha value is -1.82. The van der Waals surface area contributed by atoms with Crippen molar-refractivity contribution in [3.8, 4) is 11.1 Å². The molecule has 1 aromatic carbocycles. The van der Waals surface area contributed by atoms with Crippen molar-refractivity contribution in [2.75, 3.05) is 31.2 Å². The standard InChI is InChI=1S/C21H22Cl2N4O/c1-14-17(15-3-2-4-16(22)18(15)23)19-24-8-11-27(19)20(25-14)26-9-5-21(6-10-26)7-12-28-13-21/h2-4,8,11H,5-7,9-10,12-13H2,1H3. The number of hydrogen-bond acceptors (Lipinski definition) is 4. The molecule has 0 amide bonds. The van der Waals surface area contributed by atoms with Crippen molar-refractivity contribution in [1.82, 2.24) is 14.4 Å². The molecule has 2 aromatic heterocycles. The second-order valence-electron chi connectivity index (χ2n) is 7.88. The second-order valence-corrected chi connectivity index (χ2v) is 8.67. The van der Waals surface area contributed by atoms with Gasteiger partial charge in [0, 0.05) is 43.2 Å². The number of halogens is 2. The highest BCUT2D eigenvalue weighted by Gasteiger charge is 2.38. The van der Waals surface area contributed by atoms with Crippen LogP contribution in [0.25, 0.3) is 16.8 Å². The molecule has 0 bridgehead atoms. The van der Waals surface area contributed by atoms with E-state index in [4.69, 9.17) is 32.9 Å². The van der Waals surface area contributed by atoms with Crippen molar-refractivity contribution in [1.29, 1.82) is 0 Å². The number of nitrogens with zero attached hydrogens (tertiary/aromatic N) is 4. The van der Waals surface area contributed by atoms with Gasteiger partial charge >= 0.3 is 0 Å². The number of aromatic nitrogens is 3. The number of ether oxygens (including phenoxy) is 1. The first-order valence-corrected chi connectivity index (χ1v) is 10.4. The lowest BCUT2D eigenvalue weighted by atomic mass is 9.78. The zero-order valence-electron chi connectivity index (χ0n) is 15.8. The molecule has 0 saturated carbocycles. The average Bonchev–Trinajstić information content (AvgIpc) is 3.35. The Labute approximate surface area is 174 Å². The lowest BCUT2D eigenvalue weighted by Crippen LogP contribution is -2.41. The molecule has 1 spiro atoms. The van der Waals surface area contributed by atoms with Crippen LogP contribution in [0.2, 0.25) is 10.0 Å². The molecule has 0 radical (unpaired) electrons. The SMILES string of the molecule is Cc1nc(N2CCC3(CCOC3)CC2)n2ccnc2c1-c1cccc(Cl)c1Cl. The Morgan fingerprint density at radius 3 is 2.71 bits per heavy atom. The molecule has 0 aliphatic carbocycles. The van der Waals surface area contributed by atoms with Gasteiger partial charge in [-0.15, -0.1) is 0 Å². The van der Waals surface area contributed by atoms with E-state index >= 15 is 0 Å². The van der Waals surface area contributed by atoms with E-state index in [1.165, 1.54) is 6.42 Å².